The summed E-state index contributed by atoms with van der Waals surface area (Å²) in [5.41, 5.74) is 7.40. The minimum atomic E-state index is -4.53. The third-order valence-electron chi connectivity index (χ3n) is 4.05. The molecule has 0 saturated carbocycles. The summed E-state index contributed by atoms with van der Waals surface area (Å²) in [6.07, 6.45) is -2.92. The molecule has 0 atom stereocenters. The summed E-state index contributed by atoms with van der Waals surface area (Å²) in [5.74, 6) is 0.703. The molecular formula is C24H28F3N5O3. The number of benzene rings is 2. The van der Waals surface area contributed by atoms with Crippen LogP contribution in [-0.2, 0) is 11.3 Å². The Morgan fingerprint density at radius 3 is 2.26 bits per heavy atom. The van der Waals surface area contributed by atoms with E-state index < -0.39 is 18.7 Å². The van der Waals surface area contributed by atoms with Crippen molar-refractivity contribution in [1.82, 2.24) is 5.32 Å². The Hall–Kier alpha value is -4.15. The van der Waals surface area contributed by atoms with Crippen molar-refractivity contribution >= 4 is 17.6 Å². The number of nitrogens with zero attached hydrogens (tertiary/aromatic N) is 2. The quantitative estimate of drug-likeness (QED) is 0.184. The van der Waals surface area contributed by atoms with Crippen LogP contribution in [0.25, 0.3) is 0 Å². The number of halogens is 3. The average Bonchev–Trinajstić information content (AvgIpc) is 2.81. The Morgan fingerprint density at radius 2 is 1.66 bits per heavy atom. The molecule has 0 unspecified atom stereocenters. The van der Waals surface area contributed by atoms with Gasteiger partial charge in [-0.25, -0.2) is 0 Å². The van der Waals surface area contributed by atoms with Crippen LogP contribution in [0, 0.1) is 0 Å². The lowest BCUT2D eigenvalue weighted by molar-refractivity contribution is -0.164. The first-order valence-corrected chi connectivity index (χ1v) is 10.6. The molecule has 0 aliphatic heterocycles. The predicted octanol–water partition coefficient (Wildman–Crippen LogP) is 4.57. The van der Waals surface area contributed by atoms with Crippen molar-refractivity contribution in [2.24, 2.45) is 15.7 Å². The molecule has 35 heavy (non-hydrogen) atoms. The number of ether oxygens (including phenoxy) is 3. The van der Waals surface area contributed by atoms with E-state index in [1.165, 1.54) is 0 Å². The molecule has 0 aromatic heterocycles. The molecule has 0 aliphatic carbocycles. The van der Waals surface area contributed by atoms with E-state index in [1.807, 2.05) is 31.2 Å². The maximum atomic E-state index is 12.5. The van der Waals surface area contributed by atoms with Gasteiger partial charge in [0.1, 0.15) is 18.1 Å². The zero-order valence-corrected chi connectivity index (χ0v) is 19.3. The largest absolute Gasteiger partial charge is 0.494 e. The summed E-state index contributed by atoms with van der Waals surface area (Å²) in [4.78, 5) is 8.02. The number of rotatable bonds is 11. The second-order valence-corrected chi connectivity index (χ2v) is 6.91. The van der Waals surface area contributed by atoms with Crippen molar-refractivity contribution in [1.29, 1.82) is 0 Å². The number of nitrogens with one attached hydrogen (secondary N) is 2. The number of nitrogens with two attached hydrogens (primary N) is 1. The molecule has 2 aromatic rings. The molecule has 0 aliphatic rings. The standard InChI is InChI=1S/C24H28F3N5O3/c1-4-14-34-21-12-8-19(9-13-21)31-23(30-17(3)35-16-24(25,26)27)32-22(28)29-15-18-6-10-20(11-7-18)33-5-2/h4,6-13H,1,3,5,14-16H2,2H3,(H4,28,29,30,31,32). The van der Waals surface area contributed by atoms with E-state index in [2.05, 4.69) is 38.5 Å². The van der Waals surface area contributed by atoms with Crippen LogP contribution in [-0.4, -0.2) is 37.9 Å². The maximum Gasteiger partial charge on any atom is 0.422 e. The van der Waals surface area contributed by atoms with Crippen molar-refractivity contribution < 1.29 is 27.4 Å². The van der Waals surface area contributed by atoms with Crippen LogP contribution in [0.5, 0.6) is 11.5 Å². The first-order chi connectivity index (χ1) is 16.7. The minimum Gasteiger partial charge on any atom is -0.494 e. The smallest absolute Gasteiger partial charge is 0.422 e. The van der Waals surface area contributed by atoms with Gasteiger partial charge in [-0.1, -0.05) is 24.8 Å². The van der Waals surface area contributed by atoms with Gasteiger partial charge in [0.05, 0.1) is 6.61 Å². The highest BCUT2D eigenvalue weighted by Crippen LogP contribution is 2.18. The van der Waals surface area contributed by atoms with Crippen molar-refractivity contribution in [3.63, 3.8) is 0 Å². The third-order valence-corrected chi connectivity index (χ3v) is 4.05. The summed E-state index contributed by atoms with van der Waals surface area (Å²) >= 11 is 0. The van der Waals surface area contributed by atoms with Crippen LogP contribution < -0.4 is 25.8 Å². The number of aliphatic imine (C=N–C) groups is 2. The van der Waals surface area contributed by atoms with Gasteiger partial charge >= 0.3 is 6.18 Å². The normalized spacial score (nSPS) is 12.0. The van der Waals surface area contributed by atoms with Gasteiger partial charge in [-0.3, -0.25) is 0 Å². The first-order valence-electron chi connectivity index (χ1n) is 10.6. The molecule has 2 rings (SSSR count). The average molecular weight is 492 g/mol. The van der Waals surface area contributed by atoms with Gasteiger partial charge in [-0.15, -0.1) is 0 Å². The monoisotopic (exact) mass is 491 g/mol. The molecule has 188 valence electrons. The fourth-order valence-electron chi connectivity index (χ4n) is 2.53. The molecule has 0 bridgehead atoms. The lowest BCUT2D eigenvalue weighted by atomic mass is 10.2. The maximum absolute atomic E-state index is 12.5. The SMILES string of the molecule is C=CCOc1ccc(NC(=N/C(=C)OCC(F)(F)F)/N=C(\N)NCc2ccc(OCC)cc2)cc1. The Labute approximate surface area is 202 Å². The van der Waals surface area contributed by atoms with E-state index >= 15 is 0 Å². The number of anilines is 1. The topological polar surface area (TPSA) is 102 Å². The summed E-state index contributed by atoms with van der Waals surface area (Å²) in [6.45, 7) is 8.59. The Kier molecular flexibility index (Phi) is 10.5. The summed E-state index contributed by atoms with van der Waals surface area (Å²) in [7, 11) is 0. The number of guanidine groups is 2. The van der Waals surface area contributed by atoms with Gasteiger partial charge in [-0.05, 0) is 55.5 Å². The van der Waals surface area contributed by atoms with Crippen molar-refractivity contribution in [3.05, 3.63) is 79.2 Å². The van der Waals surface area contributed by atoms with Gasteiger partial charge in [0.15, 0.2) is 12.6 Å². The molecule has 0 spiro atoms. The zero-order chi connectivity index (χ0) is 25.7. The summed E-state index contributed by atoms with van der Waals surface area (Å²) < 4.78 is 52.7. The summed E-state index contributed by atoms with van der Waals surface area (Å²) in [5, 5.41) is 5.78. The van der Waals surface area contributed by atoms with E-state index in [1.54, 1.807) is 30.3 Å². The number of alkyl halides is 3. The molecule has 2 aromatic carbocycles. The Bertz CT molecular complexity index is 1020. The minimum absolute atomic E-state index is 0.0281. The Balaban J connectivity index is 2.11. The van der Waals surface area contributed by atoms with Crippen LogP contribution in [0.2, 0.25) is 0 Å². The number of hydrogen-bond donors (Lipinski definition) is 3. The van der Waals surface area contributed by atoms with E-state index in [4.69, 9.17) is 15.2 Å². The lowest BCUT2D eigenvalue weighted by Crippen LogP contribution is -2.33. The molecule has 8 nitrogen and oxygen atoms in total. The molecule has 0 fully saturated rings. The molecule has 4 N–H and O–H groups in total. The van der Waals surface area contributed by atoms with E-state index in [0.717, 1.165) is 11.3 Å². The van der Waals surface area contributed by atoms with Crippen LogP contribution in [0.4, 0.5) is 18.9 Å². The molecular weight excluding hydrogens is 463 g/mol. The van der Waals surface area contributed by atoms with Gasteiger partial charge in [0.2, 0.25) is 11.8 Å². The molecule has 0 radical (unpaired) electrons. The highest BCUT2D eigenvalue weighted by Gasteiger charge is 2.28. The summed E-state index contributed by atoms with van der Waals surface area (Å²) in [6, 6.07) is 14.1. The van der Waals surface area contributed by atoms with Gasteiger partial charge in [-0.2, -0.15) is 23.2 Å². The molecule has 0 amide bonds. The highest BCUT2D eigenvalue weighted by molar-refractivity contribution is 6.02. The fraction of sp³-hybridized carbons (Fsp3) is 0.250. The molecule has 11 heteroatoms. The lowest BCUT2D eigenvalue weighted by Gasteiger charge is -2.12. The molecule has 0 heterocycles. The second kappa shape index (κ2) is 13.5. The zero-order valence-electron chi connectivity index (χ0n) is 19.3. The fourth-order valence-corrected chi connectivity index (χ4v) is 2.53. The number of hydrogen-bond acceptors (Lipinski definition) is 4. The van der Waals surface area contributed by atoms with E-state index in [9.17, 15) is 13.2 Å². The first kappa shape index (κ1) is 27.1. The van der Waals surface area contributed by atoms with E-state index in [0.29, 0.717) is 31.2 Å². The molecule has 0 saturated heterocycles. The second-order valence-electron chi connectivity index (χ2n) is 6.91. The van der Waals surface area contributed by atoms with Gasteiger partial charge in [0.25, 0.3) is 0 Å². The van der Waals surface area contributed by atoms with Gasteiger partial charge < -0.3 is 30.6 Å². The highest BCUT2D eigenvalue weighted by atomic mass is 19.4. The van der Waals surface area contributed by atoms with Crippen LogP contribution in [0.1, 0.15) is 12.5 Å². The van der Waals surface area contributed by atoms with Crippen molar-refractivity contribution in [3.8, 4) is 11.5 Å². The predicted molar refractivity (Wildman–Crippen MR) is 130 cm³/mol. The Morgan fingerprint density at radius 1 is 1.03 bits per heavy atom. The van der Waals surface area contributed by atoms with Crippen LogP contribution in [0.3, 0.4) is 0 Å². The van der Waals surface area contributed by atoms with Gasteiger partial charge in [0, 0.05) is 12.2 Å². The van der Waals surface area contributed by atoms with E-state index in [-0.39, 0.29) is 11.9 Å². The third kappa shape index (κ3) is 11.0. The van der Waals surface area contributed by atoms with Crippen molar-refractivity contribution in [2.75, 3.05) is 25.1 Å². The van der Waals surface area contributed by atoms with Crippen LogP contribution in [0.15, 0.2) is 83.6 Å². The van der Waals surface area contributed by atoms with Crippen molar-refractivity contribution in [2.45, 2.75) is 19.6 Å². The van der Waals surface area contributed by atoms with Crippen LogP contribution >= 0.6 is 0 Å².